The Labute approximate surface area is 70.8 Å². The maximum atomic E-state index is 10.4. The number of fused-ring (bicyclic) bond motifs is 1. The van der Waals surface area contributed by atoms with E-state index in [-0.39, 0.29) is 6.04 Å². The number of rotatable bonds is 1. The van der Waals surface area contributed by atoms with Crippen molar-refractivity contribution in [1.82, 2.24) is 4.98 Å². The van der Waals surface area contributed by atoms with E-state index in [2.05, 4.69) is 10.2 Å². The third-order valence-corrected chi connectivity index (χ3v) is 2.29. The van der Waals surface area contributed by atoms with Crippen molar-refractivity contribution >= 4 is 0 Å². The number of nitroso groups, excluding NO2 is 1. The Bertz CT molecular complexity index is 298. The van der Waals surface area contributed by atoms with Gasteiger partial charge in [0.1, 0.15) is 6.04 Å². The smallest absolute Gasteiger partial charge is 0.134 e. The summed E-state index contributed by atoms with van der Waals surface area (Å²) in [5.41, 5.74) is 2.08. The van der Waals surface area contributed by atoms with Gasteiger partial charge in [-0.15, -0.1) is 0 Å². The first-order chi connectivity index (χ1) is 5.92. The molecule has 62 valence electrons. The van der Waals surface area contributed by atoms with Gasteiger partial charge < -0.3 is 0 Å². The van der Waals surface area contributed by atoms with Gasteiger partial charge in [-0.3, -0.25) is 4.98 Å². The van der Waals surface area contributed by atoms with Crippen LogP contribution in [0.4, 0.5) is 0 Å². The molecule has 0 aromatic carbocycles. The van der Waals surface area contributed by atoms with Crippen molar-refractivity contribution in [1.29, 1.82) is 0 Å². The van der Waals surface area contributed by atoms with Gasteiger partial charge in [0.15, 0.2) is 0 Å². The fourth-order valence-electron chi connectivity index (χ4n) is 1.69. The van der Waals surface area contributed by atoms with Gasteiger partial charge in [-0.05, 0) is 30.9 Å². The van der Waals surface area contributed by atoms with E-state index in [1.54, 1.807) is 6.20 Å². The van der Waals surface area contributed by atoms with Crippen LogP contribution in [0.25, 0.3) is 0 Å². The molecule has 0 aliphatic heterocycles. The molecule has 2 rings (SSSR count). The van der Waals surface area contributed by atoms with Crippen molar-refractivity contribution in [2.45, 2.75) is 25.3 Å². The lowest BCUT2D eigenvalue weighted by Crippen LogP contribution is -2.09. The minimum Gasteiger partial charge on any atom is -0.259 e. The van der Waals surface area contributed by atoms with Gasteiger partial charge in [-0.1, -0.05) is 11.2 Å². The van der Waals surface area contributed by atoms with Gasteiger partial charge >= 0.3 is 0 Å². The first-order valence-corrected chi connectivity index (χ1v) is 4.18. The van der Waals surface area contributed by atoms with Crippen LogP contribution in [-0.4, -0.2) is 4.98 Å². The Kier molecular flexibility index (Phi) is 1.86. The molecule has 0 bridgehead atoms. The highest BCUT2D eigenvalue weighted by atomic mass is 16.3. The molecule has 1 atom stereocenters. The average molecular weight is 162 g/mol. The van der Waals surface area contributed by atoms with E-state index >= 15 is 0 Å². The quantitative estimate of drug-likeness (QED) is 0.594. The summed E-state index contributed by atoms with van der Waals surface area (Å²) in [5.74, 6) is 0. The van der Waals surface area contributed by atoms with Crippen LogP contribution < -0.4 is 0 Å². The lowest BCUT2D eigenvalue weighted by Gasteiger charge is -2.17. The molecule has 0 amide bonds. The molecule has 1 unspecified atom stereocenters. The van der Waals surface area contributed by atoms with E-state index in [0.717, 1.165) is 25.0 Å². The molecule has 3 heteroatoms. The number of aromatic nitrogens is 1. The van der Waals surface area contributed by atoms with Crippen LogP contribution in [0.15, 0.2) is 23.5 Å². The minimum absolute atomic E-state index is 0.199. The summed E-state index contributed by atoms with van der Waals surface area (Å²) in [7, 11) is 0. The van der Waals surface area contributed by atoms with Crippen molar-refractivity contribution in [3.8, 4) is 0 Å². The van der Waals surface area contributed by atoms with Crippen LogP contribution in [0.2, 0.25) is 0 Å². The van der Waals surface area contributed by atoms with Gasteiger partial charge in [0.05, 0.1) is 5.69 Å². The van der Waals surface area contributed by atoms with Gasteiger partial charge in [0, 0.05) is 6.20 Å². The Hall–Kier alpha value is -1.25. The van der Waals surface area contributed by atoms with E-state index in [1.165, 1.54) is 5.56 Å². The van der Waals surface area contributed by atoms with Crippen LogP contribution in [0.1, 0.15) is 30.1 Å². The van der Waals surface area contributed by atoms with E-state index in [4.69, 9.17) is 0 Å². The van der Waals surface area contributed by atoms with Crippen LogP contribution in [0.5, 0.6) is 0 Å². The molecule has 1 heterocycles. The Balaban J connectivity index is 2.43. The highest BCUT2D eigenvalue weighted by Gasteiger charge is 2.21. The zero-order valence-electron chi connectivity index (χ0n) is 6.73. The van der Waals surface area contributed by atoms with Crippen LogP contribution in [0, 0.1) is 4.91 Å². The van der Waals surface area contributed by atoms with E-state index in [0.29, 0.717) is 0 Å². The van der Waals surface area contributed by atoms with Crippen molar-refractivity contribution < 1.29 is 0 Å². The van der Waals surface area contributed by atoms with Crippen molar-refractivity contribution in [3.05, 3.63) is 34.5 Å². The summed E-state index contributed by atoms with van der Waals surface area (Å²) in [6.07, 6.45) is 4.67. The Morgan fingerprint density at radius 2 is 2.50 bits per heavy atom. The predicted molar refractivity (Wildman–Crippen MR) is 45.7 cm³/mol. The minimum atomic E-state index is -0.199. The van der Waals surface area contributed by atoms with Crippen LogP contribution >= 0.6 is 0 Å². The molecule has 1 aromatic rings. The highest BCUT2D eigenvalue weighted by Crippen LogP contribution is 2.29. The molecule has 0 radical (unpaired) electrons. The van der Waals surface area contributed by atoms with Gasteiger partial charge in [0.25, 0.3) is 0 Å². The summed E-state index contributed by atoms with van der Waals surface area (Å²) in [6.45, 7) is 0. The Morgan fingerprint density at radius 1 is 1.58 bits per heavy atom. The summed E-state index contributed by atoms with van der Waals surface area (Å²) >= 11 is 0. The van der Waals surface area contributed by atoms with Crippen molar-refractivity contribution in [2.75, 3.05) is 0 Å². The second kappa shape index (κ2) is 3.01. The molecule has 12 heavy (non-hydrogen) atoms. The van der Waals surface area contributed by atoms with E-state index < -0.39 is 0 Å². The molecule has 3 nitrogen and oxygen atoms in total. The largest absolute Gasteiger partial charge is 0.259 e. The fourth-order valence-corrected chi connectivity index (χ4v) is 1.69. The molecule has 0 N–H and O–H groups in total. The molecule has 0 saturated heterocycles. The third-order valence-electron chi connectivity index (χ3n) is 2.29. The third kappa shape index (κ3) is 1.11. The molecule has 0 spiro atoms. The highest BCUT2D eigenvalue weighted by molar-refractivity contribution is 5.25. The summed E-state index contributed by atoms with van der Waals surface area (Å²) in [5, 5.41) is 3.08. The summed E-state index contributed by atoms with van der Waals surface area (Å²) in [6, 6.07) is 3.74. The lowest BCUT2D eigenvalue weighted by atomic mass is 9.93. The maximum absolute atomic E-state index is 10.4. The van der Waals surface area contributed by atoms with E-state index in [9.17, 15) is 4.91 Å². The second-order valence-corrected chi connectivity index (χ2v) is 3.06. The van der Waals surface area contributed by atoms with Crippen molar-refractivity contribution in [3.63, 3.8) is 0 Å². The fraction of sp³-hybridized carbons (Fsp3) is 0.444. The molecule has 1 aliphatic carbocycles. The molecule has 0 fully saturated rings. The number of hydrogen-bond acceptors (Lipinski definition) is 3. The topological polar surface area (TPSA) is 42.3 Å². The van der Waals surface area contributed by atoms with Gasteiger partial charge in [-0.2, -0.15) is 4.91 Å². The molecular formula is C9H10N2O. The maximum Gasteiger partial charge on any atom is 0.134 e. The molecule has 0 saturated carbocycles. The molecule has 1 aliphatic rings. The van der Waals surface area contributed by atoms with Crippen molar-refractivity contribution in [2.24, 2.45) is 5.18 Å². The standard InChI is InChI=1S/C9H10N2O/c12-11-8-5-1-3-7-4-2-6-10-9(7)8/h2,4,6,8H,1,3,5H2. The predicted octanol–water partition coefficient (Wildman–Crippen LogP) is 2.23. The second-order valence-electron chi connectivity index (χ2n) is 3.06. The summed E-state index contributed by atoms with van der Waals surface area (Å²) < 4.78 is 0. The number of pyridine rings is 1. The molecule has 1 aromatic heterocycles. The number of aryl methyl sites for hydroxylation is 1. The SMILES string of the molecule is O=NC1CCCc2cccnc21. The number of nitrogens with zero attached hydrogens (tertiary/aromatic N) is 2. The normalized spacial score (nSPS) is 21.5. The monoisotopic (exact) mass is 162 g/mol. The lowest BCUT2D eigenvalue weighted by molar-refractivity contribution is 0.553. The average Bonchev–Trinajstić information content (AvgIpc) is 2.17. The summed E-state index contributed by atoms with van der Waals surface area (Å²) in [4.78, 5) is 14.6. The number of hydrogen-bond donors (Lipinski definition) is 0. The first kappa shape index (κ1) is 7.40. The zero-order valence-corrected chi connectivity index (χ0v) is 6.73. The van der Waals surface area contributed by atoms with Crippen LogP contribution in [-0.2, 0) is 6.42 Å². The first-order valence-electron chi connectivity index (χ1n) is 4.18. The Morgan fingerprint density at radius 3 is 3.33 bits per heavy atom. The van der Waals surface area contributed by atoms with Crippen LogP contribution in [0.3, 0.4) is 0 Å². The van der Waals surface area contributed by atoms with Gasteiger partial charge in [-0.25, -0.2) is 0 Å². The molecular weight excluding hydrogens is 152 g/mol. The van der Waals surface area contributed by atoms with E-state index in [1.807, 2.05) is 12.1 Å². The zero-order chi connectivity index (χ0) is 8.39. The van der Waals surface area contributed by atoms with Gasteiger partial charge in [0.2, 0.25) is 0 Å².